The zero-order chi connectivity index (χ0) is 9.97. The molecule has 0 amide bonds. The molecule has 1 saturated carbocycles. The lowest BCUT2D eigenvalue weighted by Crippen LogP contribution is -2.14. The van der Waals surface area contributed by atoms with Crippen molar-refractivity contribution in [2.45, 2.75) is 19.8 Å². The van der Waals surface area contributed by atoms with Gasteiger partial charge in [0.2, 0.25) is 0 Å². The first kappa shape index (κ1) is 9.71. The van der Waals surface area contributed by atoms with Gasteiger partial charge in [0.1, 0.15) is 0 Å². The number of halogens is 1. The van der Waals surface area contributed by atoms with E-state index in [-0.39, 0.29) is 0 Å². The van der Waals surface area contributed by atoms with Crippen LogP contribution in [-0.4, -0.2) is 16.5 Å². The van der Waals surface area contributed by atoms with E-state index in [9.17, 15) is 0 Å². The van der Waals surface area contributed by atoms with Crippen LogP contribution in [0.15, 0.2) is 12.4 Å². The molecule has 0 radical (unpaired) electrons. The summed E-state index contributed by atoms with van der Waals surface area (Å²) in [7, 11) is 0. The van der Waals surface area contributed by atoms with Gasteiger partial charge in [-0.15, -0.1) is 0 Å². The van der Waals surface area contributed by atoms with Crippen LogP contribution in [0.4, 0.5) is 5.82 Å². The predicted octanol–water partition coefficient (Wildman–Crippen LogP) is 2.59. The second kappa shape index (κ2) is 4.13. The van der Waals surface area contributed by atoms with E-state index in [0.29, 0.717) is 16.9 Å². The van der Waals surface area contributed by atoms with Crippen molar-refractivity contribution in [2.24, 2.45) is 11.8 Å². The van der Waals surface area contributed by atoms with E-state index in [1.54, 1.807) is 12.4 Å². The van der Waals surface area contributed by atoms with E-state index in [1.807, 2.05) is 0 Å². The quantitative estimate of drug-likeness (QED) is 0.832. The highest BCUT2D eigenvalue weighted by Crippen LogP contribution is 2.36. The van der Waals surface area contributed by atoms with Crippen LogP contribution in [0.1, 0.15) is 19.8 Å². The molecule has 0 aliphatic heterocycles. The largest absolute Gasteiger partial charge is 0.367 e. The van der Waals surface area contributed by atoms with Gasteiger partial charge in [0, 0.05) is 18.9 Å². The van der Waals surface area contributed by atoms with Gasteiger partial charge < -0.3 is 5.32 Å². The number of aromatic nitrogens is 2. The summed E-state index contributed by atoms with van der Waals surface area (Å²) in [6.45, 7) is 3.19. The summed E-state index contributed by atoms with van der Waals surface area (Å²) < 4.78 is 0. The first-order valence-electron chi connectivity index (χ1n) is 4.97. The van der Waals surface area contributed by atoms with Gasteiger partial charge in [0.25, 0.3) is 0 Å². The Morgan fingerprint density at radius 2 is 2.21 bits per heavy atom. The first-order valence-corrected chi connectivity index (χ1v) is 5.35. The van der Waals surface area contributed by atoms with Crippen LogP contribution >= 0.6 is 11.6 Å². The van der Waals surface area contributed by atoms with Crippen LogP contribution in [0.5, 0.6) is 0 Å². The lowest BCUT2D eigenvalue weighted by molar-refractivity contribution is 0.536. The number of rotatable bonds is 4. The van der Waals surface area contributed by atoms with E-state index in [4.69, 9.17) is 11.6 Å². The molecule has 0 aromatic carbocycles. The lowest BCUT2D eigenvalue weighted by Gasteiger charge is -2.11. The Hall–Kier alpha value is -0.830. The summed E-state index contributed by atoms with van der Waals surface area (Å²) in [6, 6.07) is 0. The van der Waals surface area contributed by atoms with Gasteiger partial charge in [-0.3, -0.25) is 0 Å². The molecule has 2 rings (SSSR count). The minimum Gasteiger partial charge on any atom is -0.367 e. The monoisotopic (exact) mass is 211 g/mol. The highest BCUT2D eigenvalue weighted by atomic mass is 35.5. The average Bonchev–Trinajstić information content (AvgIpc) is 2.99. The number of nitrogens with zero attached hydrogens (tertiary/aromatic N) is 2. The average molecular weight is 212 g/mol. The zero-order valence-electron chi connectivity index (χ0n) is 8.20. The Balaban J connectivity index is 1.87. The third-order valence-electron chi connectivity index (χ3n) is 2.67. The molecular formula is C10H14ClN3. The number of anilines is 1. The van der Waals surface area contributed by atoms with Crippen LogP contribution in [0, 0.1) is 11.8 Å². The Labute approximate surface area is 88.9 Å². The molecule has 4 heteroatoms. The fraction of sp³-hybridized carbons (Fsp3) is 0.600. The highest BCUT2D eigenvalue weighted by Gasteiger charge is 2.27. The van der Waals surface area contributed by atoms with Crippen molar-refractivity contribution in [1.82, 2.24) is 9.97 Å². The van der Waals surface area contributed by atoms with E-state index in [1.165, 1.54) is 12.8 Å². The van der Waals surface area contributed by atoms with Crippen molar-refractivity contribution in [2.75, 3.05) is 11.9 Å². The van der Waals surface area contributed by atoms with Gasteiger partial charge in [-0.25, -0.2) is 9.97 Å². The van der Waals surface area contributed by atoms with Gasteiger partial charge in [0.15, 0.2) is 11.0 Å². The standard InChI is InChI=1S/C10H14ClN3/c1-7(8-2-3-8)6-14-10-9(11)12-4-5-13-10/h4-5,7-8H,2-3,6H2,1H3,(H,13,14). The minimum absolute atomic E-state index is 0.454. The van der Waals surface area contributed by atoms with Gasteiger partial charge in [-0.2, -0.15) is 0 Å². The molecule has 1 heterocycles. The van der Waals surface area contributed by atoms with Crippen molar-refractivity contribution >= 4 is 17.4 Å². The van der Waals surface area contributed by atoms with Crippen LogP contribution in [-0.2, 0) is 0 Å². The van der Waals surface area contributed by atoms with E-state index in [0.717, 1.165) is 12.5 Å². The zero-order valence-corrected chi connectivity index (χ0v) is 8.96. The maximum Gasteiger partial charge on any atom is 0.171 e. The van der Waals surface area contributed by atoms with Crippen molar-refractivity contribution < 1.29 is 0 Å². The molecule has 76 valence electrons. The summed E-state index contributed by atoms with van der Waals surface area (Å²) in [5.74, 6) is 2.30. The maximum atomic E-state index is 5.87. The van der Waals surface area contributed by atoms with E-state index < -0.39 is 0 Å². The smallest absolute Gasteiger partial charge is 0.171 e. The van der Waals surface area contributed by atoms with Gasteiger partial charge in [0.05, 0.1) is 0 Å². The van der Waals surface area contributed by atoms with Gasteiger partial charge in [-0.05, 0) is 24.7 Å². The Bertz CT molecular complexity index is 312. The highest BCUT2D eigenvalue weighted by molar-refractivity contribution is 6.31. The maximum absolute atomic E-state index is 5.87. The second-order valence-corrected chi connectivity index (χ2v) is 4.25. The molecule has 14 heavy (non-hydrogen) atoms. The first-order chi connectivity index (χ1) is 6.77. The second-order valence-electron chi connectivity index (χ2n) is 3.89. The van der Waals surface area contributed by atoms with E-state index >= 15 is 0 Å². The fourth-order valence-electron chi connectivity index (χ4n) is 1.53. The third kappa shape index (κ3) is 2.35. The molecule has 1 N–H and O–H groups in total. The van der Waals surface area contributed by atoms with Gasteiger partial charge in [-0.1, -0.05) is 18.5 Å². The summed E-state index contributed by atoms with van der Waals surface area (Å²) in [4.78, 5) is 8.08. The summed E-state index contributed by atoms with van der Waals surface area (Å²) in [5.41, 5.74) is 0. The number of hydrogen-bond donors (Lipinski definition) is 1. The Morgan fingerprint density at radius 3 is 2.86 bits per heavy atom. The van der Waals surface area contributed by atoms with E-state index in [2.05, 4.69) is 22.2 Å². The predicted molar refractivity (Wildman–Crippen MR) is 57.4 cm³/mol. The molecule has 1 fully saturated rings. The van der Waals surface area contributed by atoms with Gasteiger partial charge >= 0.3 is 0 Å². The molecule has 0 spiro atoms. The Kier molecular flexibility index (Phi) is 2.87. The number of hydrogen-bond acceptors (Lipinski definition) is 3. The third-order valence-corrected chi connectivity index (χ3v) is 2.95. The molecule has 1 atom stereocenters. The van der Waals surface area contributed by atoms with Crippen molar-refractivity contribution in [3.8, 4) is 0 Å². The molecule has 0 saturated heterocycles. The molecule has 1 aliphatic carbocycles. The molecular weight excluding hydrogens is 198 g/mol. The minimum atomic E-state index is 0.454. The molecule has 0 bridgehead atoms. The van der Waals surface area contributed by atoms with Crippen LogP contribution < -0.4 is 5.32 Å². The van der Waals surface area contributed by atoms with Crippen LogP contribution in [0.25, 0.3) is 0 Å². The molecule has 1 unspecified atom stereocenters. The Morgan fingerprint density at radius 1 is 1.50 bits per heavy atom. The normalized spacial score (nSPS) is 17.9. The number of nitrogens with one attached hydrogen (secondary N) is 1. The lowest BCUT2D eigenvalue weighted by atomic mass is 10.1. The summed E-state index contributed by atoms with van der Waals surface area (Å²) >= 11 is 5.87. The molecule has 1 aliphatic rings. The summed E-state index contributed by atoms with van der Waals surface area (Å²) in [6.07, 6.45) is 5.99. The van der Waals surface area contributed by atoms with Crippen LogP contribution in [0.2, 0.25) is 5.15 Å². The SMILES string of the molecule is CC(CNc1nccnc1Cl)C1CC1. The van der Waals surface area contributed by atoms with Crippen molar-refractivity contribution in [3.63, 3.8) is 0 Å². The van der Waals surface area contributed by atoms with Crippen LogP contribution in [0.3, 0.4) is 0 Å². The fourth-order valence-corrected chi connectivity index (χ4v) is 1.70. The summed E-state index contributed by atoms with van der Waals surface area (Å²) in [5, 5.41) is 3.68. The topological polar surface area (TPSA) is 37.8 Å². The molecule has 1 aromatic rings. The van der Waals surface area contributed by atoms with Crippen molar-refractivity contribution in [1.29, 1.82) is 0 Å². The van der Waals surface area contributed by atoms with Crippen molar-refractivity contribution in [3.05, 3.63) is 17.5 Å². The molecule has 1 aromatic heterocycles. The molecule has 3 nitrogen and oxygen atoms in total.